The average Bonchev–Trinajstić information content (AvgIpc) is 3.70. The number of nitrogens with one attached hydrogen (secondary N) is 2. The minimum atomic E-state index is -0.848. The molecule has 0 aliphatic heterocycles. The van der Waals surface area contributed by atoms with Crippen LogP contribution in [0.25, 0.3) is 0 Å². The molecular formula is C49H75Br2Cl2N7O5S2. The van der Waals surface area contributed by atoms with Crippen LogP contribution in [0, 0.1) is 27.7 Å². The number of amides is 1. The Labute approximate surface area is 436 Å². The highest BCUT2D eigenvalue weighted by Crippen LogP contribution is 2.43. The summed E-state index contributed by atoms with van der Waals surface area (Å²) in [7, 11) is 8.64. The first-order chi connectivity index (χ1) is 30.6. The van der Waals surface area contributed by atoms with Crippen LogP contribution in [-0.4, -0.2) is 110 Å². The van der Waals surface area contributed by atoms with Crippen LogP contribution < -0.4 is 26.4 Å². The molecule has 3 heterocycles. The van der Waals surface area contributed by atoms with Gasteiger partial charge in [-0.05, 0) is 195 Å². The maximum Gasteiger partial charge on any atom is 0.338 e. The number of allylic oxidation sites excluding steroid dienone is 3. The maximum absolute atomic E-state index is 13.1. The third-order valence-corrected chi connectivity index (χ3v) is 17.3. The second-order valence-corrected chi connectivity index (χ2v) is 22.8. The van der Waals surface area contributed by atoms with Crippen LogP contribution in [0.1, 0.15) is 134 Å². The molecule has 0 radical (unpaired) electrons. The summed E-state index contributed by atoms with van der Waals surface area (Å²) >= 11 is 10.3. The Morgan fingerprint density at radius 2 is 1.19 bits per heavy atom. The Morgan fingerprint density at radius 1 is 0.761 bits per heavy atom. The van der Waals surface area contributed by atoms with Crippen LogP contribution in [0.15, 0.2) is 41.2 Å². The number of anilines is 2. The Morgan fingerprint density at radius 3 is 1.57 bits per heavy atom. The van der Waals surface area contributed by atoms with Crippen LogP contribution in [0.2, 0.25) is 0 Å². The number of aromatic amines is 1. The molecule has 2 saturated carbocycles. The molecule has 376 valence electrons. The third-order valence-electron chi connectivity index (χ3n) is 13.3. The highest BCUT2D eigenvalue weighted by atomic mass is 79.9. The molecule has 12 nitrogen and oxygen atoms in total. The normalized spacial score (nSPS) is 19.3. The van der Waals surface area contributed by atoms with Crippen LogP contribution >= 0.6 is 79.3 Å². The van der Waals surface area contributed by atoms with Crippen molar-refractivity contribution in [2.75, 3.05) is 57.6 Å². The summed E-state index contributed by atoms with van der Waals surface area (Å²) in [6, 6.07) is 4.30. The molecule has 0 atom stereocenters. The molecule has 0 aromatic carbocycles. The molecule has 3 aromatic rings. The third kappa shape index (κ3) is 15.5. The lowest BCUT2D eigenvalue weighted by molar-refractivity contribution is -0.115. The lowest BCUT2D eigenvalue weighted by atomic mass is 9.89. The number of hydrogen-bond acceptors (Lipinski definition) is 11. The molecule has 3 aliphatic carbocycles. The fraction of sp³-hybridized carbons (Fsp3) is 0.592. The monoisotopic (exact) mass is 1130 g/mol. The number of halogens is 4. The first-order valence-electron chi connectivity index (χ1n) is 22.9. The number of hydrogen-bond donors (Lipinski definition) is 4. The fourth-order valence-electron chi connectivity index (χ4n) is 9.61. The molecular weight excluding hydrogens is 1060 g/mol. The van der Waals surface area contributed by atoms with E-state index >= 15 is 0 Å². The van der Waals surface area contributed by atoms with Gasteiger partial charge in [0.2, 0.25) is 0 Å². The van der Waals surface area contributed by atoms with Gasteiger partial charge in [0.15, 0.2) is 5.78 Å². The van der Waals surface area contributed by atoms with Gasteiger partial charge in [-0.1, -0.05) is 11.6 Å². The number of carboxylic acids is 1. The van der Waals surface area contributed by atoms with E-state index in [4.69, 9.17) is 5.73 Å². The number of thiophene rings is 2. The van der Waals surface area contributed by atoms with Crippen molar-refractivity contribution in [2.24, 2.45) is 5.73 Å². The summed E-state index contributed by atoms with van der Waals surface area (Å²) in [6.07, 6.45) is 12.1. The Kier molecular flexibility index (Phi) is 25.1. The van der Waals surface area contributed by atoms with Gasteiger partial charge in [-0.25, -0.2) is 4.79 Å². The van der Waals surface area contributed by atoms with Crippen molar-refractivity contribution < 1.29 is 19.5 Å². The molecule has 0 saturated heterocycles. The number of H-pyrrole nitrogens is 1. The van der Waals surface area contributed by atoms with Gasteiger partial charge in [-0.15, -0.1) is 47.5 Å². The Bertz CT molecular complexity index is 2280. The highest BCUT2D eigenvalue weighted by molar-refractivity contribution is 9.11. The van der Waals surface area contributed by atoms with Crippen LogP contribution in [0.5, 0.6) is 0 Å². The zero-order valence-electron chi connectivity index (χ0n) is 41.5. The molecule has 0 unspecified atom stereocenters. The van der Waals surface area contributed by atoms with E-state index in [9.17, 15) is 24.3 Å². The van der Waals surface area contributed by atoms with Crippen molar-refractivity contribution in [3.8, 4) is 0 Å². The number of carboxylic acid groups (broad SMARTS) is 1. The molecule has 0 spiro atoms. The topological polar surface area (TPSA) is 155 Å². The number of aryl methyl sites for hydroxylation is 2. The van der Waals surface area contributed by atoms with E-state index < -0.39 is 5.97 Å². The summed E-state index contributed by atoms with van der Waals surface area (Å²) < 4.78 is 1.57. The summed E-state index contributed by atoms with van der Waals surface area (Å²) in [5.74, 6) is -0.812. The number of ketones is 1. The number of pyridine rings is 1. The molecule has 67 heavy (non-hydrogen) atoms. The van der Waals surface area contributed by atoms with Gasteiger partial charge >= 0.3 is 5.97 Å². The second-order valence-electron chi connectivity index (χ2n) is 18.2. The molecule has 18 heteroatoms. The fourth-order valence-corrected chi connectivity index (χ4v) is 13.8. The first kappa shape index (κ1) is 60.6. The second kappa shape index (κ2) is 27.7. The number of nitrogens with zero attached hydrogens (tertiary/aromatic N) is 4. The summed E-state index contributed by atoms with van der Waals surface area (Å²) in [4.78, 5) is 60.4. The molecule has 0 bridgehead atoms. The van der Waals surface area contributed by atoms with Crippen molar-refractivity contribution in [2.45, 2.75) is 144 Å². The van der Waals surface area contributed by atoms with Gasteiger partial charge in [-0.2, -0.15) is 0 Å². The van der Waals surface area contributed by atoms with Gasteiger partial charge in [0.25, 0.3) is 11.5 Å². The number of Topliss-reactive ketones (excluding diaryl/α,β-unsaturated/α-hetero) is 1. The molecule has 3 aliphatic rings. The number of carbonyl (C=O) groups excluding carboxylic acids is 2. The van der Waals surface area contributed by atoms with Crippen molar-refractivity contribution in [3.05, 3.63) is 85.9 Å². The van der Waals surface area contributed by atoms with E-state index in [0.29, 0.717) is 53.8 Å². The number of aromatic nitrogens is 1. The standard InChI is InChI=1S/C24H35BrN4O2S.C16H25BrN2O2S.C9H13NO.2ClH/c1-7-29(18-10-8-17(9-11-18)28(5)6)24-16(4)20(21(25)32-24)23(31)26-13-19-14(2)12-15(3)27-22(19)30;1-5-19(12-8-6-11(7-9-12)18(3)4)15-10(2)13(16(20)21)14(17)22-15;1-6-3-7(2)8(5-10)9(11)4-6;;/h12,17-18H,7-11,13H2,1-6H3,(H,26,31)(H,27,30);11-12H,5-9H2,1-4H3,(H,20,21);3H,4-5,10H2,1-2H3;2*1H. The van der Waals surface area contributed by atoms with E-state index in [2.05, 4.69) is 104 Å². The summed E-state index contributed by atoms with van der Waals surface area (Å²) in [5.41, 5.74) is 13.5. The minimum Gasteiger partial charge on any atom is -0.478 e. The zero-order valence-corrected chi connectivity index (χ0v) is 47.9. The van der Waals surface area contributed by atoms with E-state index in [0.717, 1.165) is 64.8 Å². The average molecular weight is 1140 g/mol. The van der Waals surface area contributed by atoms with Gasteiger partial charge in [0, 0.05) is 73.6 Å². The zero-order chi connectivity index (χ0) is 48.4. The maximum atomic E-state index is 13.1. The van der Waals surface area contributed by atoms with Gasteiger partial charge in [0.05, 0.1) is 28.7 Å². The van der Waals surface area contributed by atoms with Crippen LogP contribution in [0.3, 0.4) is 0 Å². The number of nitrogens with two attached hydrogens (primary N) is 1. The predicted molar refractivity (Wildman–Crippen MR) is 293 cm³/mol. The van der Waals surface area contributed by atoms with E-state index in [1.165, 1.54) is 56.4 Å². The molecule has 2 fully saturated rings. The largest absolute Gasteiger partial charge is 0.478 e. The first-order valence-corrected chi connectivity index (χ1v) is 26.1. The van der Waals surface area contributed by atoms with Crippen molar-refractivity contribution in [3.63, 3.8) is 0 Å². The van der Waals surface area contributed by atoms with E-state index in [1.54, 1.807) is 22.7 Å². The van der Waals surface area contributed by atoms with E-state index in [-0.39, 0.29) is 48.6 Å². The lowest BCUT2D eigenvalue weighted by Gasteiger charge is -2.39. The Hall–Kier alpha value is -2.54. The predicted octanol–water partition coefficient (Wildman–Crippen LogP) is 11.0. The number of rotatable bonds is 13. The number of aromatic carboxylic acids is 1. The Balaban J connectivity index is 0.000000381. The van der Waals surface area contributed by atoms with Gasteiger partial charge in [-0.3, -0.25) is 14.4 Å². The molecule has 1 amide bonds. The summed E-state index contributed by atoms with van der Waals surface area (Å²) in [5, 5.41) is 14.6. The SMILES string of the molecule is CC1=CC(C)=C(CN)C(=O)C1.CCN(c1sc(Br)c(C(=O)NCc2c(C)cc(C)[nH]c2=O)c1C)C1CCC(N(C)C)CC1.CCN(c1sc(Br)c(C(=O)O)c1C)C1CCC(N(C)C)CC1.Cl.Cl. The molecule has 6 rings (SSSR count). The van der Waals surface area contributed by atoms with Crippen molar-refractivity contribution in [1.82, 2.24) is 20.1 Å². The van der Waals surface area contributed by atoms with Gasteiger partial charge in [0.1, 0.15) is 0 Å². The van der Waals surface area contributed by atoms with Crippen molar-refractivity contribution in [1.29, 1.82) is 0 Å². The highest BCUT2D eigenvalue weighted by Gasteiger charge is 2.32. The van der Waals surface area contributed by atoms with Crippen LogP contribution in [0.4, 0.5) is 10.0 Å². The number of carbonyl (C=O) groups is 3. The minimum absolute atomic E-state index is 0. The lowest BCUT2D eigenvalue weighted by Crippen LogP contribution is -2.42. The smallest absolute Gasteiger partial charge is 0.338 e. The molecule has 3 aromatic heterocycles. The van der Waals surface area contributed by atoms with Gasteiger partial charge < -0.3 is 40.7 Å². The summed E-state index contributed by atoms with van der Waals surface area (Å²) in [6.45, 7) is 18.4. The quantitative estimate of drug-likeness (QED) is 0.130. The van der Waals surface area contributed by atoms with Crippen molar-refractivity contribution >= 4 is 107 Å². The van der Waals surface area contributed by atoms with E-state index in [1.807, 2.05) is 53.7 Å². The molecule has 5 N–H and O–H groups in total. The van der Waals surface area contributed by atoms with Crippen LogP contribution in [-0.2, 0) is 11.3 Å².